The predicted molar refractivity (Wildman–Crippen MR) is 80.5 cm³/mol. The topological polar surface area (TPSA) is 24.5 Å². The Kier molecular flexibility index (Phi) is 5.67. The van der Waals surface area contributed by atoms with E-state index in [0.717, 1.165) is 13.2 Å². The average Bonchev–Trinajstić information content (AvgIpc) is 2.95. The summed E-state index contributed by atoms with van der Waals surface area (Å²) in [6.45, 7) is 12.8. The van der Waals surface area contributed by atoms with Crippen LogP contribution in [0.15, 0.2) is 0 Å². The molecule has 0 spiro atoms. The Morgan fingerprint density at radius 3 is 2.68 bits per heavy atom. The molecule has 2 heterocycles. The first-order valence-electron chi connectivity index (χ1n) is 8.20. The summed E-state index contributed by atoms with van der Waals surface area (Å²) in [5, 5.41) is 3.64. The molecule has 0 radical (unpaired) electrons. The molecule has 0 bridgehead atoms. The van der Waals surface area contributed by atoms with E-state index in [1.54, 1.807) is 0 Å². The largest absolute Gasteiger partial charge is 0.377 e. The minimum absolute atomic E-state index is 0.449. The van der Waals surface area contributed by atoms with Crippen LogP contribution >= 0.6 is 0 Å². The number of ether oxygens (including phenoxy) is 1. The highest BCUT2D eigenvalue weighted by molar-refractivity contribution is 4.82. The highest BCUT2D eigenvalue weighted by Gasteiger charge is 2.28. The molecule has 1 N–H and O–H groups in total. The van der Waals surface area contributed by atoms with E-state index in [4.69, 9.17) is 4.74 Å². The van der Waals surface area contributed by atoms with Crippen LogP contribution in [0.5, 0.6) is 0 Å². The van der Waals surface area contributed by atoms with Crippen molar-refractivity contribution >= 4 is 0 Å². The molecule has 0 saturated carbocycles. The molecule has 0 amide bonds. The van der Waals surface area contributed by atoms with Gasteiger partial charge in [-0.25, -0.2) is 0 Å². The molecule has 2 rings (SSSR count). The van der Waals surface area contributed by atoms with Crippen molar-refractivity contribution in [2.75, 3.05) is 32.8 Å². The lowest BCUT2D eigenvalue weighted by Crippen LogP contribution is -2.44. The van der Waals surface area contributed by atoms with Gasteiger partial charge < -0.3 is 15.0 Å². The van der Waals surface area contributed by atoms with E-state index in [2.05, 4.69) is 31.0 Å². The summed E-state index contributed by atoms with van der Waals surface area (Å²) >= 11 is 0. The van der Waals surface area contributed by atoms with E-state index in [-0.39, 0.29) is 0 Å². The number of hydrogen-bond acceptors (Lipinski definition) is 3. The Balaban J connectivity index is 1.59. The first kappa shape index (κ1) is 15.3. The molecule has 3 nitrogen and oxygen atoms in total. The molecule has 19 heavy (non-hydrogen) atoms. The Labute approximate surface area is 119 Å². The highest BCUT2D eigenvalue weighted by atomic mass is 16.5. The van der Waals surface area contributed by atoms with E-state index in [1.807, 2.05) is 0 Å². The Morgan fingerprint density at radius 2 is 2.11 bits per heavy atom. The number of rotatable bonds is 6. The van der Waals surface area contributed by atoms with Gasteiger partial charge in [0.1, 0.15) is 0 Å². The summed E-state index contributed by atoms with van der Waals surface area (Å²) in [5.74, 6) is 0. The molecule has 0 aliphatic carbocycles. The van der Waals surface area contributed by atoms with Crippen molar-refractivity contribution in [3.63, 3.8) is 0 Å². The lowest BCUT2D eigenvalue weighted by atomic mass is 9.78. The normalized spacial score (nSPS) is 29.5. The molecule has 2 fully saturated rings. The van der Waals surface area contributed by atoms with E-state index in [0.29, 0.717) is 17.6 Å². The summed E-state index contributed by atoms with van der Waals surface area (Å²) in [6, 6.07) is 0.508. The molecular weight excluding hydrogens is 236 g/mol. The second kappa shape index (κ2) is 7.05. The Morgan fingerprint density at radius 1 is 1.37 bits per heavy atom. The fourth-order valence-electron chi connectivity index (χ4n) is 3.25. The fraction of sp³-hybridized carbons (Fsp3) is 1.00. The van der Waals surface area contributed by atoms with Crippen molar-refractivity contribution in [2.24, 2.45) is 5.41 Å². The van der Waals surface area contributed by atoms with Crippen LogP contribution in [-0.4, -0.2) is 49.8 Å². The summed E-state index contributed by atoms with van der Waals surface area (Å²) in [6.07, 6.45) is 6.97. The SMILES string of the molecule is CCC1(C)CCN(CCNC(C)C2CCCO2)CC1. The molecule has 2 aliphatic rings. The zero-order chi connectivity index (χ0) is 13.7. The monoisotopic (exact) mass is 268 g/mol. The lowest BCUT2D eigenvalue weighted by molar-refractivity contribution is 0.0794. The third-order valence-corrected chi connectivity index (χ3v) is 5.33. The number of likely N-dealkylation sites (tertiary alicyclic amines) is 1. The van der Waals surface area contributed by atoms with Crippen LogP contribution in [0.2, 0.25) is 0 Å². The van der Waals surface area contributed by atoms with Crippen LogP contribution < -0.4 is 5.32 Å². The smallest absolute Gasteiger partial charge is 0.0726 e. The molecule has 2 atom stereocenters. The van der Waals surface area contributed by atoms with E-state index >= 15 is 0 Å². The van der Waals surface area contributed by atoms with Crippen molar-refractivity contribution < 1.29 is 4.74 Å². The van der Waals surface area contributed by atoms with Crippen LogP contribution in [0, 0.1) is 5.41 Å². The van der Waals surface area contributed by atoms with Crippen LogP contribution in [0.3, 0.4) is 0 Å². The zero-order valence-corrected chi connectivity index (χ0v) is 13.1. The van der Waals surface area contributed by atoms with Crippen LogP contribution in [0.4, 0.5) is 0 Å². The quantitative estimate of drug-likeness (QED) is 0.801. The van der Waals surface area contributed by atoms with Crippen molar-refractivity contribution in [3.05, 3.63) is 0 Å². The summed E-state index contributed by atoms with van der Waals surface area (Å²) in [5.41, 5.74) is 0.606. The molecule has 0 aromatic heterocycles. The van der Waals surface area contributed by atoms with Gasteiger partial charge in [0.2, 0.25) is 0 Å². The summed E-state index contributed by atoms with van der Waals surface area (Å²) in [4.78, 5) is 2.62. The van der Waals surface area contributed by atoms with Crippen molar-refractivity contribution in [1.29, 1.82) is 0 Å². The molecule has 2 unspecified atom stereocenters. The van der Waals surface area contributed by atoms with Crippen molar-refractivity contribution in [1.82, 2.24) is 10.2 Å². The maximum Gasteiger partial charge on any atom is 0.0726 e. The van der Waals surface area contributed by atoms with Crippen molar-refractivity contribution in [3.8, 4) is 0 Å². The molecule has 2 saturated heterocycles. The molecule has 112 valence electrons. The van der Waals surface area contributed by atoms with Gasteiger partial charge in [-0.1, -0.05) is 20.3 Å². The van der Waals surface area contributed by atoms with Gasteiger partial charge in [0.05, 0.1) is 6.10 Å². The molecular formula is C16H32N2O. The molecule has 2 aliphatic heterocycles. The Bertz CT molecular complexity index is 255. The minimum atomic E-state index is 0.449. The number of nitrogens with one attached hydrogen (secondary N) is 1. The summed E-state index contributed by atoms with van der Waals surface area (Å²) in [7, 11) is 0. The van der Waals surface area contributed by atoms with E-state index < -0.39 is 0 Å². The number of piperidine rings is 1. The predicted octanol–water partition coefficient (Wildman–Crippen LogP) is 2.66. The van der Waals surface area contributed by atoms with Gasteiger partial charge in [-0.2, -0.15) is 0 Å². The lowest BCUT2D eigenvalue weighted by Gasteiger charge is -2.39. The number of hydrogen-bond donors (Lipinski definition) is 1. The van der Waals surface area contributed by atoms with Gasteiger partial charge >= 0.3 is 0 Å². The third-order valence-electron chi connectivity index (χ3n) is 5.33. The second-order valence-corrected chi connectivity index (χ2v) is 6.80. The maximum absolute atomic E-state index is 5.72. The first-order chi connectivity index (χ1) is 9.13. The van der Waals surface area contributed by atoms with E-state index in [1.165, 1.54) is 51.7 Å². The van der Waals surface area contributed by atoms with Gasteiger partial charge in [0, 0.05) is 25.7 Å². The van der Waals surface area contributed by atoms with Gasteiger partial charge in [-0.05, 0) is 51.1 Å². The summed E-state index contributed by atoms with van der Waals surface area (Å²) < 4.78 is 5.72. The molecule has 0 aromatic rings. The van der Waals surface area contributed by atoms with Gasteiger partial charge in [0.25, 0.3) is 0 Å². The van der Waals surface area contributed by atoms with Crippen LogP contribution in [0.1, 0.15) is 52.9 Å². The second-order valence-electron chi connectivity index (χ2n) is 6.80. The standard InChI is InChI=1S/C16H32N2O/c1-4-16(3)7-10-18(11-8-16)12-9-17-14(2)15-6-5-13-19-15/h14-15,17H,4-13H2,1-3H3. The van der Waals surface area contributed by atoms with E-state index in [9.17, 15) is 0 Å². The van der Waals surface area contributed by atoms with Gasteiger partial charge in [-0.15, -0.1) is 0 Å². The molecule has 0 aromatic carbocycles. The highest BCUT2D eigenvalue weighted by Crippen LogP contribution is 2.33. The number of nitrogens with zero attached hydrogens (tertiary/aromatic N) is 1. The van der Waals surface area contributed by atoms with Crippen LogP contribution in [-0.2, 0) is 4.74 Å². The zero-order valence-electron chi connectivity index (χ0n) is 13.1. The maximum atomic E-state index is 5.72. The average molecular weight is 268 g/mol. The third kappa shape index (κ3) is 4.44. The first-order valence-corrected chi connectivity index (χ1v) is 8.20. The fourth-order valence-corrected chi connectivity index (χ4v) is 3.25. The molecule has 3 heteroatoms. The minimum Gasteiger partial charge on any atom is -0.377 e. The van der Waals surface area contributed by atoms with Gasteiger partial charge in [0.15, 0.2) is 0 Å². The van der Waals surface area contributed by atoms with Crippen LogP contribution in [0.25, 0.3) is 0 Å². The van der Waals surface area contributed by atoms with Gasteiger partial charge in [-0.3, -0.25) is 0 Å². The Hall–Kier alpha value is -0.120. The van der Waals surface area contributed by atoms with Crippen molar-refractivity contribution in [2.45, 2.75) is 65.0 Å².